The number of allylic oxidation sites excluding steroid dienone is 1. The first-order valence-corrected chi connectivity index (χ1v) is 6.19. The van der Waals surface area contributed by atoms with E-state index >= 15 is 0 Å². The predicted octanol–water partition coefficient (Wildman–Crippen LogP) is 0.998. The highest BCUT2D eigenvalue weighted by Gasteiger charge is 2.21. The van der Waals surface area contributed by atoms with Gasteiger partial charge in [-0.3, -0.25) is 4.79 Å². The first kappa shape index (κ1) is 12.5. The fourth-order valence-corrected chi connectivity index (χ4v) is 2.18. The molecule has 0 bridgehead atoms. The van der Waals surface area contributed by atoms with Gasteiger partial charge in [-0.05, 0) is 31.2 Å². The van der Waals surface area contributed by atoms with Crippen LogP contribution in [0.1, 0.15) is 30.5 Å². The minimum atomic E-state index is 0.0831. The second-order valence-corrected chi connectivity index (χ2v) is 4.53. The summed E-state index contributed by atoms with van der Waals surface area (Å²) in [6.07, 6.45) is 7.28. The van der Waals surface area contributed by atoms with Crippen molar-refractivity contribution in [2.24, 2.45) is 0 Å². The number of nitrogens with two attached hydrogens (primary N) is 1. The normalized spacial score (nSPS) is 17.9. The van der Waals surface area contributed by atoms with Gasteiger partial charge in [-0.1, -0.05) is 6.08 Å². The Morgan fingerprint density at radius 3 is 3.28 bits per heavy atom. The molecule has 0 radical (unpaired) electrons. The minimum absolute atomic E-state index is 0.0831. The van der Waals surface area contributed by atoms with E-state index in [-0.39, 0.29) is 11.9 Å². The molecule has 3 N–H and O–H groups in total. The number of amides is 1. The molecular weight excluding hydrogens is 228 g/mol. The monoisotopic (exact) mass is 246 g/mol. The molecular formula is C13H18N4O. The van der Waals surface area contributed by atoms with Crippen LogP contribution in [-0.4, -0.2) is 21.9 Å². The summed E-state index contributed by atoms with van der Waals surface area (Å²) in [5.41, 5.74) is 7.65. The fraction of sp³-hybridized carbons (Fsp3) is 0.462. The van der Waals surface area contributed by atoms with Gasteiger partial charge in [0.05, 0.1) is 0 Å². The molecule has 0 aromatic carbocycles. The fourth-order valence-electron chi connectivity index (χ4n) is 2.18. The predicted molar refractivity (Wildman–Crippen MR) is 69.8 cm³/mol. The zero-order valence-electron chi connectivity index (χ0n) is 10.4. The lowest BCUT2D eigenvalue weighted by Gasteiger charge is -2.24. The highest BCUT2D eigenvalue weighted by molar-refractivity contribution is 5.76. The Morgan fingerprint density at radius 1 is 1.67 bits per heavy atom. The Labute approximate surface area is 107 Å². The van der Waals surface area contributed by atoms with Crippen LogP contribution in [0.4, 0.5) is 5.95 Å². The van der Waals surface area contributed by atoms with Gasteiger partial charge in [0.15, 0.2) is 0 Å². The topological polar surface area (TPSA) is 80.9 Å². The second-order valence-electron chi connectivity index (χ2n) is 4.53. The van der Waals surface area contributed by atoms with Crippen LogP contribution in [0, 0.1) is 0 Å². The molecule has 1 atom stereocenters. The van der Waals surface area contributed by atoms with Crippen molar-refractivity contribution in [1.82, 2.24) is 15.3 Å². The molecule has 1 amide bonds. The first-order chi connectivity index (χ1) is 8.69. The molecule has 1 heterocycles. The van der Waals surface area contributed by atoms with Crippen molar-refractivity contribution in [2.45, 2.75) is 38.1 Å². The third-order valence-electron chi connectivity index (χ3n) is 3.11. The third kappa shape index (κ3) is 3.06. The van der Waals surface area contributed by atoms with E-state index in [9.17, 15) is 4.79 Å². The van der Waals surface area contributed by atoms with Crippen LogP contribution in [0.5, 0.6) is 0 Å². The quantitative estimate of drug-likeness (QED) is 0.777. The smallest absolute Gasteiger partial charge is 0.220 e. The summed E-state index contributed by atoms with van der Waals surface area (Å²) in [6.45, 7) is 3.61. The van der Waals surface area contributed by atoms with Crippen molar-refractivity contribution in [3.05, 3.63) is 30.1 Å². The number of rotatable bonds is 4. The molecule has 18 heavy (non-hydrogen) atoms. The summed E-state index contributed by atoms with van der Waals surface area (Å²) in [6, 6.07) is 0.182. The van der Waals surface area contributed by atoms with Gasteiger partial charge in [0.25, 0.3) is 0 Å². The molecule has 5 heteroatoms. The average Bonchev–Trinajstić information content (AvgIpc) is 2.36. The van der Waals surface area contributed by atoms with Gasteiger partial charge < -0.3 is 11.1 Å². The number of hydrogen-bond acceptors (Lipinski definition) is 4. The van der Waals surface area contributed by atoms with Gasteiger partial charge in [-0.25, -0.2) is 9.97 Å². The molecule has 0 spiro atoms. The summed E-state index contributed by atoms with van der Waals surface area (Å²) in [5.74, 6) is 0.405. The van der Waals surface area contributed by atoms with Crippen LogP contribution in [0.25, 0.3) is 0 Å². The molecule has 1 aliphatic carbocycles. The third-order valence-corrected chi connectivity index (χ3v) is 3.11. The summed E-state index contributed by atoms with van der Waals surface area (Å²) in [5, 5.41) is 3.04. The average molecular weight is 246 g/mol. The second kappa shape index (κ2) is 5.62. The number of anilines is 1. The van der Waals surface area contributed by atoms with Gasteiger partial charge in [0.1, 0.15) is 0 Å². The Balaban J connectivity index is 1.93. The molecule has 1 unspecified atom stereocenters. The first-order valence-electron chi connectivity index (χ1n) is 6.19. The number of nitrogens with zero attached hydrogens (tertiary/aromatic N) is 2. The van der Waals surface area contributed by atoms with Crippen LogP contribution in [0.15, 0.2) is 18.9 Å². The van der Waals surface area contributed by atoms with Crippen molar-refractivity contribution in [1.29, 1.82) is 0 Å². The van der Waals surface area contributed by atoms with Crippen molar-refractivity contribution in [2.75, 3.05) is 5.73 Å². The van der Waals surface area contributed by atoms with Crippen LogP contribution < -0.4 is 11.1 Å². The number of nitrogens with one attached hydrogen (secondary N) is 1. The Morgan fingerprint density at radius 2 is 2.50 bits per heavy atom. The molecule has 96 valence electrons. The summed E-state index contributed by atoms with van der Waals surface area (Å²) < 4.78 is 0. The number of aromatic nitrogens is 2. The molecule has 0 fully saturated rings. The van der Waals surface area contributed by atoms with Gasteiger partial charge in [0, 0.05) is 24.4 Å². The zero-order valence-corrected chi connectivity index (χ0v) is 10.4. The maximum atomic E-state index is 11.6. The highest BCUT2D eigenvalue weighted by Crippen LogP contribution is 2.19. The molecule has 2 rings (SSSR count). The van der Waals surface area contributed by atoms with Gasteiger partial charge >= 0.3 is 0 Å². The van der Waals surface area contributed by atoms with Gasteiger partial charge in [0.2, 0.25) is 11.9 Å². The Bertz CT molecular complexity index is 458. The van der Waals surface area contributed by atoms with Crippen LogP contribution in [0.3, 0.4) is 0 Å². The maximum Gasteiger partial charge on any atom is 0.220 e. The van der Waals surface area contributed by atoms with Crippen LogP contribution >= 0.6 is 0 Å². The van der Waals surface area contributed by atoms with E-state index in [1.165, 1.54) is 0 Å². The Hall–Kier alpha value is -1.91. The summed E-state index contributed by atoms with van der Waals surface area (Å²) in [4.78, 5) is 19.8. The standard InChI is InChI=1S/C13H18N4O/c1-2-3-4-12(18)16-10-5-6-11-9(7-10)8-15-13(14)17-11/h2,8,10H,1,3-7H2,(H,16,18)(H2,14,15,17). The van der Waals surface area contributed by atoms with Gasteiger partial charge in [-0.15, -0.1) is 6.58 Å². The Kier molecular flexibility index (Phi) is 3.92. The lowest BCUT2D eigenvalue weighted by Crippen LogP contribution is -2.39. The number of hydrogen-bond donors (Lipinski definition) is 2. The van der Waals surface area contributed by atoms with E-state index in [4.69, 9.17) is 5.73 Å². The lowest BCUT2D eigenvalue weighted by atomic mass is 9.93. The largest absolute Gasteiger partial charge is 0.368 e. The highest BCUT2D eigenvalue weighted by atomic mass is 16.1. The SMILES string of the molecule is C=CCCC(=O)NC1CCc2nc(N)ncc2C1. The van der Waals surface area contributed by atoms with Crippen molar-refractivity contribution >= 4 is 11.9 Å². The molecule has 1 aliphatic rings. The molecule has 1 aromatic heterocycles. The molecule has 0 saturated carbocycles. The van der Waals surface area contributed by atoms with Gasteiger partial charge in [-0.2, -0.15) is 0 Å². The van der Waals surface area contributed by atoms with Crippen molar-refractivity contribution in [3.63, 3.8) is 0 Å². The van der Waals surface area contributed by atoms with E-state index in [1.54, 1.807) is 12.3 Å². The molecule has 5 nitrogen and oxygen atoms in total. The number of fused-ring (bicyclic) bond motifs is 1. The van der Waals surface area contributed by atoms with E-state index in [1.807, 2.05) is 0 Å². The summed E-state index contributed by atoms with van der Waals surface area (Å²) in [7, 11) is 0. The molecule has 0 aliphatic heterocycles. The zero-order chi connectivity index (χ0) is 13.0. The van der Waals surface area contributed by atoms with Crippen LogP contribution in [0.2, 0.25) is 0 Å². The molecule has 0 saturated heterocycles. The number of carbonyl (C=O) groups excluding carboxylic acids is 1. The van der Waals surface area contributed by atoms with Crippen molar-refractivity contribution in [3.8, 4) is 0 Å². The maximum absolute atomic E-state index is 11.6. The van der Waals surface area contributed by atoms with E-state index < -0.39 is 0 Å². The van der Waals surface area contributed by atoms with E-state index in [0.717, 1.165) is 36.9 Å². The lowest BCUT2D eigenvalue weighted by molar-refractivity contribution is -0.121. The number of aryl methyl sites for hydroxylation is 1. The van der Waals surface area contributed by atoms with E-state index in [2.05, 4.69) is 21.9 Å². The summed E-state index contributed by atoms with van der Waals surface area (Å²) >= 11 is 0. The number of carbonyl (C=O) groups is 1. The van der Waals surface area contributed by atoms with E-state index in [0.29, 0.717) is 12.4 Å². The number of nitrogen functional groups attached to an aromatic ring is 1. The van der Waals surface area contributed by atoms with Crippen molar-refractivity contribution < 1.29 is 4.79 Å². The molecule has 1 aromatic rings. The minimum Gasteiger partial charge on any atom is -0.368 e. The van der Waals surface area contributed by atoms with Crippen LogP contribution in [-0.2, 0) is 17.6 Å².